The molecule has 0 aromatic heterocycles. The molecule has 2 heteroatoms. The van der Waals surface area contributed by atoms with Gasteiger partial charge in [-0.2, -0.15) is 0 Å². The van der Waals surface area contributed by atoms with Gasteiger partial charge in [0.15, 0.2) is 8.07 Å². The first kappa shape index (κ1) is 15.0. The molecule has 0 bridgehead atoms. The molecule has 0 spiro atoms. The van der Waals surface area contributed by atoms with Gasteiger partial charge in [0.05, 0.1) is 6.10 Å². The molecule has 1 atom stereocenters. The lowest BCUT2D eigenvalue weighted by Gasteiger charge is -2.24. The maximum atomic E-state index is 9.97. The highest BCUT2D eigenvalue weighted by Gasteiger charge is 2.22. The summed E-state index contributed by atoms with van der Waals surface area (Å²) < 4.78 is 0. The first-order valence-electron chi connectivity index (χ1n) is 6.47. The highest BCUT2D eigenvalue weighted by Crippen LogP contribution is 2.20. The molecule has 0 fully saturated rings. The lowest BCUT2D eigenvalue weighted by atomic mass is 9.87. The highest BCUT2D eigenvalue weighted by atomic mass is 28.3. The minimum atomic E-state index is -1.68. The molecule has 0 amide bonds. The number of rotatable bonds is 2. The number of hydrogen-bond donors (Lipinski definition) is 1. The third-order valence-corrected chi connectivity index (χ3v) is 5.77. The van der Waals surface area contributed by atoms with Crippen LogP contribution in [0.3, 0.4) is 0 Å². The van der Waals surface area contributed by atoms with E-state index in [2.05, 4.69) is 48.8 Å². The van der Waals surface area contributed by atoms with E-state index in [1.807, 2.05) is 26.8 Å². The molecule has 1 nitrogen and oxygen atoms in total. The van der Waals surface area contributed by atoms with E-state index in [-0.39, 0.29) is 11.5 Å². The SMILES string of the molecule is CC(C)(C)C(O)CC#C[Si](C)(C)c1ccccc1. The minimum Gasteiger partial charge on any atom is -0.392 e. The maximum Gasteiger partial charge on any atom is 0.162 e. The van der Waals surface area contributed by atoms with Gasteiger partial charge in [0.2, 0.25) is 0 Å². The maximum absolute atomic E-state index is 9.97. The van der Waals surface area contributed by atoms with Crippen molar-refractivity contribution in [1.29, 1.82) is 0 Å². The van der Waals surface area contributed by atoms with Gasteiger partial charge in [-0.1, -0.05) is 64.2 Å². The summed E-state index contributed by atoms with van der Waals surface area (Å²) in [6, 6.07) is 10.5. The molecule has 18 heavy (non-hydrogen) atoms. The smallest absolute Gasteiger partial charge is 0.162 e. The number of aliphatic hydroxyl groups excluding tert-OH is 1. The zero-order chi connectivity index (χ0) is 13.8. The second kappa shape index (κ2) is 5.73. The summed E-state index contributed by atoms with van der Waals surface area (Å²) in [4.78, 5) is 0. The largest absolute Gasteiger partial charge is 0.392 e. The van der Waals surface area contributed by atoms with E-state index >= 15 is 0 Å². The normalized spacial score (nSPS) is 13.7. The van der Waals surface area contributed by atoms with Gasteiger partial charge in [0.25, 0.3) is 0 Å². The molecule has 0 saturated heterocycles. The van der Waals surface area contributed by atoms with E-state index in [0.717, 1.165) is 0 Å². The average Bonchev–Trinajstić information content (AvgIpc) is 2.28. The Morgan fingerprint density at radius 2 is 1.72 bits per heavy atom. The monoisotopic (exact) mass is 260 g/mol. The Balaban J connectivity index is 2.74. The van der Waals surface area contributed by atoms with E-state index in [0.29, 0.717) is 6.42 Å². The summed E-state index contributed by atoms with van der Waals surface area (Å²) in [5, 5.41) is 11.3. The van der Waals surface area contributed by atoms with Crippen LogP contribution >= 0.6 is 0 Å². The Labute approximate surface area is 112 Å². The minimum absolute atomic E-state index is 0.0902. The van der Waals surface area contributed by atoms with Gasteiger partial charge >= 0.3 is 0 Å². The molecule has 0 aliphatic rings. The van der Waals surface area contributed by atoms with Crippen molar-refractivity contribution in [3.63, 3.8) is 0 Å². The quantitative estimate of drug-likeness (QED) is 0.640. The molecule has 1 unspecified atom stereocenters. The summed E-state index contributed by atoms with van der Waals surface area (Å²) in [5.41, 5.74) is 3.32. The van der Waals surface area contributed by atoms with Crippen LogP contribution in [0.2, 0.25) is 13.1 Å². The van der Waals surface area contributed by atoms with Crippen molar-refractivity contribution in [1.82, 2.24) is 0 Å². The Hall–Kier alpha value is -1.04. The Kier molecular flexibility index (Phi) is 4.78. The fourth-order valence-electron chi connectivity index (χ4n) is 1.60. The molecular formula is C16H24OSi. The van der Waals surface area contributed by atoms with E-state index < -0.39 is 8.07 Å². The Morgan fingerprint density at radius 1 is 1.17 bits per heavy atom. The van der Waals surface area contributed by atoms with Crippen LogP contribution < -0.4 is 5.19 Å². The van der Waals surface area contributed by atoms with Crippen LogP contribution in [0.25, 0.3) is 0 Å². The first-order chi connectivity index (χ1) is 8.23. The Bertz CT molecular complexity index is 432. The van der Waals surface area contributed by atoms with E-state index in [1.54, 1.807) is 0 Å². The third kappa shape index (κ3) is 4.32. The predicted molar refractivity (Wildman–Crippen MR) is 81.4 cm³/mol. The van der Waals surface area contributed by atoms with Crippen LogP contribution in [0.15, 0.2) is 30.3 Å². The van der Waals surface area contributed by atoms with Crippen molar-refractivity contribution in [2.75, 3.05) is 0 Å². The van der Waals surface area contributed by atoms with Gasteiger partial charge in [-0.25, -0.2) is 0 Å². The van der Waals surface area contributed by atoms with Crippen molar-refractivity contribution in [3.05, 3.63) is 30.3 Å². The molecule has 98 valence electrons. The second-order valence-electron chi connectivity index (χ2n) is 6.38. The van der Waals surface area contributed by atoms with Crippen LogP contribution in [-0.2, 0) is 0 Å². The second-order valence-corrected chi connectivity index (χ2v) is 10.5. The summed E-state index contributed by atoms with van der Waals surface area (Å²) in [6.07, 6.45) is 0.206. The lowest BCUT2D eigenvalue weighted by Crippen LogP contribution is -2.40. The van der Waals surface area contributed by atoms with E-state index in [9.17, 15) is 5.11 Å². The summed E-state index contributed by atoms with van der Waals surface area (Å²) >= 11 is 0. The summed E-state index contributed by atoms with van der Waals surface area (Å²) in [7, 11) is -1.68. The topological polar surface area (TPSA) is 20.2 Å². The van der Waals surface area contributed by atoms with Crippen LogP contribution in [0.5, 0.6) is 0 Å². The van der Waals surface area contributed by atoms with Crippen molar-refractivity contribution in [2.45, 2.75) is 46.4 Å². The molecule has 0 radical (unpaired) electrons. The lowest BCUT2D eigenvalue weighted by molar-refractivity contribution is 0.0678. The molecule has 0 aliphatic heterocycles. The van der Waals surface area contributed by atoms with Gasteiger partial charge in [-0.05, 0) is 10.6 Å². The number of hydrogen-bond acceptors (Lipinski definition) is 1. The molecule has 0 heterocycles. The molecule has 1 aromatic rings. The average molecular weight is 260 g/mol. The molecular weight excluding hydrogens is 236 g/mol. The Morgan fingerprint density at radius 3 is 2.22 bits per heavy atom. The van der Waals surface area contributed by atoms with Gasteiger partial charge < -0.3 is 5.11 Å². The van der Waals surface area contributed by atoms with Crippen molar-refractivity contribution >= 4 is 13.3 Å². The molecule has 1 aromatic carbocycles. The summed E-state index contributed by atoms with van der Waals surface area (Å²) in [5.74, 6) is 3.19. The van der Waals surface area contributed by atoms with Crippen molar-refractivity contribution < 1.29 is 5.11 Å². The predicted octanol–water partition coefficient (Wildman–Crippen LogP) is 2.94. The first-order valence-corrected chi connectivity index (χ1v) is 9.47. The van der Waals surface area contributed by atoms with Gasteiger partial charge in [0, 0.05) is 6.42 Å². The molecule has 1 N–H and O–H groups in total. The number of aliphatic hydroxyl groups is 1. The van der Waals surface area contributed by atoms with Crippen LogP contribution in [0.4, 0.5) is 0 Å². The van der Waals surface area contributed by atoms with E-state index in [1.165, 1.54) is 5.19 Å². The highest BCUT2D eigenvalue weighted by molar-refractivity contribution is 6.96. The van der Waals surface area contributed by atoms with Crippen molar-refractivity contribution in [3.8, 4) is 11.5 Å². The zero-order valence-corrected chi connectivity index (χ0v) is 13.1. The molecule has 1 rings (SSSR count). The number of benzene rings is 1. The fraction of sp³-hybridized carbons (Fsp3) is 0.500. The van der Waals surface area contributed by atoms with Gasteiger partial charge in [-0.15, -0.1) is 11.5 Å². The third-order valence-electron chi connectivity index (χ3n) is 3.19. The standard InChI is InChI=1S/C16H24OSi/c1-16(2,3)15(17)12-9-13-18(4,5)14-10-7-6-8-11-14/h6-8,10-11,15,17H,12H2,1-5H3. The molecule has 0 saturated carbocycles. The summed E-state index contributed by atoms with van der Waals surface area (Å²) in [6.45, 7) is 10.6. The van der Waals surface area contributed by atoms with Crippen LogP contribution in [0, 0.1) is 16.9 Å². The molecule has 0 aliphatic carbocycles. The zero-order valence-electron chi connectivity index (χ0n) is 12.1. The van der Waals surface area contributed by atoms with Crippen molar-refractivity contribution in [2.24, 2.45) is 5.41 Å². The fourth-order valence-corrected chi connectivity index (χ4v) is 3.32. The van der Waals surface area contributed by atoms with E-state index in [4.69, 9.17) is 0 Å². The van der Waals surface area contributed by atoms with Crippen LogP contribution in [-0.4, -0.2) is 19.3 Å². The van der Waals surface area contributed by atoms with Crippen LogP contribution in [0.1, 0.15) is 27.2 Å². The van der Waals surface area contributed by atoms with Gasteiger partial charge in [0.1, 0.15) is 0 Å². The van der Waals surface area contributed by atoms with Gasteiger partial charge in [-0.3, -0.25) is 0 Å².